The number of nitrogens with one attached hydrogen (secondary N) is 1. The number of benzene rings is 1. The van der Waals surface area contributed by atoms with Gasteiger partial charge in [0.05, 0.1) is 6.04 Å². The molecule has 1 aromatic heterocycles. The second kappa shape index (κ2) is 7.40. The number of hydrogen-bond donors (Lipinski definition) is 1. The molecule has 132 valence electrons. The maximum Gasteiger partial charge on any atom is 0.274 e. The third-order valence-corrected chi connectivity index (χ3v) is 5.42. The number of amides is 1. The Hall–Kier alpha value is -2.14. The molecule has 0 aliphatic carbocycles. The smallest absolute Gasteiger partial charge is 0.274 e. The minimum absolute atomic E-state index is 0.0842. The molecule has 1 aromatic carbocycles. The first-order valence-electron chi connectivity index (χ1n) is 9.42. The predicted octanol–water partition coefficient (Wildman–Crippen LogP) is 2.65. The molecule has 0 saturated carbocycles. The highest BCUT2D eigenvalue weighted by Gasteiger charge is 2.31. The maximum absolute atomic E-state index is 13.0. The Balaban J connectivity index is 1.45. The molecule has 2 aliphatic heterocycles. The summed E-state index contributed by atoms with van der Waals surface area (Å²) >= 11 is 0. The van der Waals surface area contributed by atoms with Crippen molar-refractivity contribution in [3.63, 3.8) is 0 Å². The Morgan fingerprint density at radius 2 is 2.04 bits per heavy atom. The zero-order valence-electron chi connectivity index (χ0n) is 14.6. The van der Waals surface area contributed by atoms with Gasteiger partial charge >= 0.3 is 0 Å². The van der Waals surface area contributed by atoms with Crippen LogP contribution in [0.1, 0.15) is 47.8 Å². The number of likely N-dealkylation sites (tertiary alicyclic amines) is 1. The molecule has 25 heavy (non-hydrogen) atoms. The van der Waals surface area contributed by atoms with E-state index in [0.29, 0.717) is 11.7 Å². The highest BCUT2D eigenvalue weighted by molar-refractivity contribution is 5.92. The van der Waals surface area contributed by atoms with Crippen molar-refractivity contribution in [2.24, 2.45) is 0 Å². The SMILES string of the molecule is O=C(c1ccn(C2CCCNC2)n1)N1CCCC1Cc1ccccc1. The Kier molecular flexibility index (Phi) is 4.83. The van der Waals surface area contributed by atoms with E-state index < -0.39 is 0 Å². The fourth-order valence-corrected chi connectivity index (χ4v) is 4.06. The van der Waals surface area contributed by atoms with Crippen LogP contribution in [-0.2, 0) is 6.42 Å². The molecule has 2 unspecified atom stereocenters. The van der Waals surface area contributed by atoms with Gasteiger partial charge in [-0.25, -0.2) is 0 Å². The molecule has 2 aliphatic rings. The standard InChI is InChI=1S/C20H26N4O/c25-20(19-10-13-24(22-19)18-8-4-11-21-15-18)23-12-5-9-17(23)14-16-6-2-1-3-7-16/h1-3,6-7,10,13,17-18,21H,4-5,8-9,11-12,14-15H2. The largest absolute Gasteiger partial charge is 0.334 e. The van der Waals surface area contributed by atoms with Crippen LogP contribution in [0.15, 0.2) is 42.6 Å². The summed E-state index contributed by atoms with van der Waals surface area (Å²) < 4.78 is 1.97. The third kappa shape index (κ3) is 3.61. The van der Waals surface area contributed by atoms with Gasteiger partial charge in [0.2, 0.25) is 0 Å². The average molecular weight is 338 g/mol. The van der Waals surface area contributed by atoms with Gasteiger partial charge in [-0.15, -0.1) is 0 Å². The lowest BCUT2D eigenvalue weighted by Crippen LogP contribution is -2.37. The molecule has 2 saturated heterocycles. The molecule has 0 spiro atoms. The normalized spacial score (nSPS) is 23.8. The summed E-state index contributed by atoms with van der Waals surface area (Å²) in [5.41, 5.74) is 1.89. The molecule has 3 heterocycles. The van der Waals surface area contributed by atoms with E-state index in [4.69, 9.17) is 0 Å². The van der Waals surface area contributed by atoms with Crippen molar-refractivity contribution in [2.75, 3.05) is 19.6 Å². The highest BCUT2D eigenvalue weighted by atomic mass is 16.2. The molecule has 1 N–H and O–H groups in total. The second-order valence-electron chi connectivity index (χ2n) is 7.17. The van der Waals surface area contributed by atoms with Crippen LogP contribution in [0, 0.1) is 0 Å². The summed E-state index contributed by atoms with van der Waals surface area (Å²) in [6.45, 7) is 2.86. The van der Waals surface area contributed by atoms with Crippen LogP contribution in [0.3, 0.4) is 0 Å². The van der Waals surface area contributed by atoms with Crippen LogP contribution in [0.25, 0.3) is 0 Å². The Morgan fingerprint density at radius 3 is 2.84 bits per heavy atom. The molecule has 4 rings (SSSR count). The lowest BCUT2D eigenvalue weighted by atomic mass is 10.0. The van der Waals surface area contributed by atoms with E-state index in [9.17, 15) is 4.79 Å². The van der Waals surface area contributed by atoms with Crippen molar-refractivity contribution in [1.82, 2.24) is 20.0 Å². The lowest BCUT2D eigenvalue weighted by Gasteiger charge is -2.25. The van der Waals surface area contributed by atoms with Gasteiger partial charge in [0.25, 0.3) is 5.91 Å². The van der Waals surface area contributed by atoms with E-state index in [2.05, 4.69) is 34.7 Å². The highest BCUT2D eigenvalue weighted by Crippen LogP contribution is 2.23. The molecule has 2 fully saturated rings. The number of hydrogen-bond acceptors (Lipinski definition) is 3. The van der Waals surface area contributed by atoms with Crippen molar-refractivity contribution in [1.29, 1.82) is 0 Å². The molecule has 1 amide bonds. The van der Waals surface area contributed by atoms with Gasteiger partial charge in [0, 0.05) is 25.3 Å². The number of carbonyl (C=O) groups is 1. The van der Waals surface area contributed by atoms with Gasteiger partial charge < -0.3 is 10.2 Å². The van der Waals surface area contributed by atoms with Crippen LogP contribution < -0.4 is 5.32 Å². The number of carbonyl (C=O) groups excluding carboxylic acids is 1. The zero-order chi connectivity index (χ0) is 17.1. The van der Waals surface area contributed by atoms with Crippen molar-refractivity contribution in [2.45, 2.75) is 44.2 Å². The fraction of sp³-hybridized carbons (Fsp3) is 0.500. The van der Waals surface area contributed by atoms with Crippen LogP contribution in [0.2, 0.25) is 0 Å². The Labute approximate surface area is 149 Å². The van der Waals surface area contributed by atoms with Crippen LogP contribution in [-0.4, -0.2) is 46.3 Å². The maximum atomic E-state index is 13.0. The van der Waals surface area contributed by atoms with Crippen LogP contribution in [0.5, 0.6) is 0 Å². The zero-order valence-corrected chi connectivity index (χ0v) is 14.6. The quantitative estimate of drug-likeness (QED) is 0.932. The predicted molar refractivity (Wildman–Crippen MR) is 97.6 cm³/mol. The van der Waals surface area contributed by atoms with Gasteiger partial charge in [-0.1, -0.05) is 30.3 Å². The molecule has 2 aromatic rings. The van der Waals surface area contributed by atoms with E-state index in [0.717, 1.165) is 45.3 Å². The molecule has 0 bridgehead atoms. The monoisotopic (exact) mass is 338 g/mol. The lowest BCUT2D eigenvalue weighted by molar-refractivity contribution is 0.0729. The first-order valence-corrected chi connectivity index (χ1v) is 9.42. The average Bonchev–Trinajstić information content (AvgIpc) is 3.32. The minimum atomic E-state index is 0.0842. The van der Waals surface area contributed by atoms with Crippen LogP contribution >= 0.6 is 0 Å². The minimum Gasteiger partial charge on any atom is -0.334 e. The van der Waals surface area contributed by atoms with Crippen molar-refractivity contribution in [3.8, 4) is 0 Å². The summed E-state index contributed by atoms with van der Waals surface area (Å²) in [4.78, 5) is 15.0. The Morgan fingerprint density at radius 1 is 1.16 bits per heavy atom. The second-order valence-corrected chi connectivity index (χ2v) is 7.17. The molecule has 2 atom stereocenters. The molecular formula is C20H26N4O. The van der Waals surface area contributed by atoms with Crippen molar-refractivity contribution >= 4 is 5.91 Å². The number of rotatable bonds is 4. The van der Waals surface area contributed by atoms with E-state index in [1.54, 1.807) is 0 Å². The fourth-order valence-electron chi connectivity index (χ4n) is 4.06. The van der Waals surface area contributed by atoms with Gasteiger partial charge in [-0.05, 0) is 50.3 Å². The van der Waals surface area contributed by atoms with E-state index in [-0.39, 0.29) is 11.9 Å². The van der Waals surface area contributed by atoms with Crippen molar-refractivity contribution in [3.05, 3.63) is 53.9 Å². The summed E-state index contributed by atoms with van der Waals surface area (Å²) in [7, 11) is 0. The molecule has 5 heteroatoms. The first-order chi connectivity index (χ1) is 12.3. The van der Waals surface area contributed by atoms with Gasteiger partial charge in [0.1, 0.15) is 5.69 Å². The first kappa shape index (κ1) is 16.3. The number of nitrogens with zero attached hydrogens (tertiary/aromatic N) is 3. The Bertz CT molecular complexity index is 705. The molecule has 0 radical (unpaired) electrons. The van der Waals surface area contributed by atoms with Gasteiger partial charge in [-0.2, -0.15) is 5.10 Å². The number of aromatic nitrogens is 2. The topological polar surface area (TPSA) is 50.2 Å². The summed E-state index contributed by atoms with van der Waals surface area (Å²) in [5, 5.41) is 8.01. The number of piperidine rings is 1. The molecular weight excluding hydrogens is 312 g/mol. The van der Waals surface area contributed by atoms with Crippen LogP contribution in [0.4, 0.5) is 0 Å². The van der Waals surface area contributed by atoms with Gasteiger partial charge in [-0.3, -0.25) is 9.48 Å². The van der Waals surface area contributed by atoms with Crippen molar-refractivity contribution < 1.29 is 4.79 Å². The summed E-state index contributed by atoms with van der Waals surface area (Å²) in [6, 6.07) is 13.0. The van der Waals surface area contributed by atoms with E-state index in [1.807, 2.05) is 27.9 Å². The van der Waals surface area contributed by atoms with E-state index in [1.165, 1.54) is 12.0 Å². The summed E-state index contributed by atoms with van der Waals surface area (Å²) in [5.74, 6) is 0.0842. The van der Waals surface area contributed by atoms with E-state index >= 15 is 0 Å². The third-order valence-electron chi connectivity index (χ3n) is 5.42. The van der Waals surface area contributed by atoms with Gasteiger partial charge in [0.15, 0.2) is 0 Å². The summed E-state index contributed by atoms with van der Waals surface area (Å²) in [6.07, 6.45) is 7.35. The molecule has 5 nitrogen and oxygen atoms in total.